The van der Waals surface area contributed by atoms with Gasteiger partial charge in [0.2, 0.25) is 11.8 Å². The number of carbonyl (C=O) groups excluding carboxylic acids is 1. The number of aromatic nitrogens is 2. The maximum atomic E-state index is 12.7. The number of nitrogens with zero attached hydrogens (tertiary/aromatic N) is 4. The van der Waals surface area contributed by atoms with Crippen LogP contribution >= 0.6 is 0 Å². The Morgan fingerprint density at radius 1 is 1.22 bits per heavy atom. The van der Waals surface area contributed by atoms with Gasteiger partial charge in [0, 0.05) is 37.7 Å². The molecule has 7 nitrogen and oxygen atoms in total. The standard InChI is InChI=1S/C20H28N4O3/c1-15(2)20-21-18(27-22-20)14-23-9-6-10-24(12-11-23)19(25)13-16-7-4-5-8-17(16)26-3/h4-5,7-8,15H,6,9-14H2,1-3H3. The minimum Gasteiger partial charge on any atom is -0.496 e. The first-order chi connectivity index (χ1) is 13.1. The smallest absolute Gasteiger partial charge is 0.240 e. The molecule has 0 atom stereocenters. The predicted molar refractivity (Wildman–Crippen MR) is 102 cm³/mol. The lowest BCUT2D eigenvalue weighted by Crippen LogP contribution is -2.36. The molecule has 27 heavy (non-hydrogen) atoms. The second kappa shape index (κ2) is 8.99. The average Bonchev–Trinajstić information content (AvgIpc) is 3.00. The van der Waals surface area contributed by atoms with Crippen molar-refractivity contribution < 1.29 is 14.1 Å². The van der Waals surface area contributed by atoms with Crippen LogP contribution in [0.3, 0.4) is 0 Å². The maximum absolute atomic E-state index is 12.7. The fourth-order valence-electron chi connectivity index (χ4n) is 3.26. The van der Waals surface area contributed by atoms with E-state index in [4.69, 9.17) is 9.26 Å². The molecule has 1 aliphatic rings. The molecule has 0 spiro atoms. The summed E-state index contributed by atoms with van der Waals surface area (Å²) in [6.07, 6.45) is 1.30. The highest BCUT2D eigenvalue weighted by molar-refractivity contribution is 5.79. The third-order valence-corrected chi connectivity index (χ3v) is 4.83. The van der Waals surface area contributed by atoms with Gasteiger partial charge in [-0.25, -0.2) is 0 Å². The number of rotatable bonds is 6. The first kappa shape index (κ1) is 19.4. The first-order valence-electron chi connectivity index (χ1n) is 9.51. The van der Waals surface area contributed by atoms with Crippen LogP contribution in [-0.2, 0) is 17.8 Å². The SMILES string of the molecule is COc1ccccc1CC(=O)N1CCCN(Cc2nc(C(C)C)no2)CC1. The van der Waals surface area contributed by atoms with Gasteiger partial charge in [0.15, 0.2) is 5.82 Å². The lowest BCUT2D eigenvalue weighted by Gasteiger charge is -2.21. The maximum Gasteiger partial charge on any atom is 0.240 e. The van der Waals surface area contributed by atoms with Crippen LogP contribution in [0, 0.1) is 0 Å². The Morgan fingerprint density at radius 3 is 2.78 bits per heavy atom. The van der Waals surface area contributed by atoms with E-state index < -0.39 is 0 Å². The van der Waals surface area contributed by atoms with Crippen LogP contribution in [0.1, 0.15) is 43.5 Å². The van der Waals surface area contributed by atoms with Crippen LogP contribution in [0.2, 0.25) is 0 Å². The van der Waals surface area contributed by atoms with E-state index in [1.54, 1.807) is 7.11 Å². The van der Waals surface area contributed by atoms with Crippen LogP contribution in [0.25, 0.3) is 0 Å². The van der Waals surface area contributed by atoms with E-state index in [2.05, 4.69) is 15.0 Å². The van der Waals surface area contributed by atoms with Gasteiger partial charge in [0.05, 0.1) is 20.1 Å². The Morgan fingerprint density at radius 2 is 2.04 bits per heavy atom. The number of carbonyl (C=O) groups is 1. The van der Waals surface area contributed by atoms with Crippen LogP contribution in [-0.4, -0.2) is 59.1 Å². The molecule has 1 aromatic heterocycles. The van der Waals surface area contributed by atoms with Crippen molar-refractivity contribution in [2.24, 2.45) is 0 Å². The summed E-state index contributed by atoms with van der Waals surface area (Å²) in [4.78, 5) is 21.4. The summed E-state index contributed by atoms with van der Waals surface area (Å²) < 4.78 is 10.7. The second-order valence-electron chi connectivity index (χ2n) is 7.20. The van der Waals surface area contributed by atoms with E-state index >= 15 is 0 Å². The fourth-order valence-corrected chi connectivity index (χ4v) is 3.26. The second-order valence-corrected chi connectivity index (χ2v) is 7.20. The van der Waals surface area contributed by atoms with Gasteiger partial charge >= 0.3 is 0 Å². The molecule has 2 heterocycles. The largest absolute Gasteiger partial charge is 0.496 e. The summed E-state index contributed by atoms with van der Waals surface area (Å²) in [6.45, 7) is 7.92. The van der Waals surface area contributed by atoms with Crippen molar-refractivity contribution in [2.45, 2.75) is 39.2 Å². The Bertz CT molecular complexity index is 759. The highest BCUT2D eigenvalue weighted by Gasteiger charge is 2.21. The highest BCUT2D eigenvalue weighted by Crippen LogP contribution is 2.19. The summed E-state index contributed by atoms with van der Waals surface area (Å²) in [5, 5.41) is 4.02. The number of benzene rings is 1. The lowest BCUT2D eigenvalue weighted by molar-refractivity contribution is -0.130. The van der Waals surface area contributed by atoms with Crippen molar-refractivity contribution in [3.8, 4) is 5.75 Å². The molecule has 1 aliphatic heterocycles. The zero-order valence-corrected chi connectivity index (χ0v) is 16.4. The monoisotopic (exact) mass is 372 g/mol. The highest BCUT2D eigenvalue weighted by atomic mass is 16.5. The molecule has 1 fully saturated rings. The minimum atomic E-state index is 0.140. The molecule has 1 saturated heterocycles. The topological polar surface area (TPSA) is 71.7 Å². The van der Waals surface area contributed by atoms with E-state index in [1.807, 2.05) is 43.0 Å². The van der Waals surface area contributed by atoms with Gasteiger partial charge < -0.3 is 14.2 Å². The Kier molecular flexibility index (Phi) is 6.45. The number of amides is 1. The molecule has 7 heteroatoms. The van der Waals surface area contributed by atoms with Crippen molar-refractivity contribution >= 4 is 5.91 Å². The van der Waals surface area contributed by atoms with Crippen LogP contribution < -0.4 is 4.74 Å². The Hall–Kier alpha value is -2.41. The van der Waals surface area contributed by atoms with E-state index in [0.717, 1.165) is 43.2 Å². The van der Waals surface area contributed by atoms with Crippen molar-refractivity contribution in [3.05, 3.63) is 41.5 Å². The average molecular weight is 372 g/mol. The predicted octanol–water partition coefficient (Wildman–Crippen LogP) is 2.48. The molecule has 1 aromatic carbocycles. The van der Waals surface area contributed by atoms with E-state index in [-0.39, 0.29) is 11.8 Å². The molecule has 0 saturated carbocycles. The summed E-state index contributed by atoms with van der Waals surface area (Å²) in [5.74, 6) is 2.55. The minimum absolute atomic E-state index is 0.140. The van der Waals surface area contributed by atoms with Crippen molar-refractivity contribution in [3.63, 3.8) is 0 Å². The zero-order valence-electron chi connectivity index (χ0n) is 16.4. The van der Waals surface area contributed by atoms with Crippen LogP contribution in [0.5, 0.6) is 5.75 Å². The summed E-state index contributed by atoms with van der Waals surface area (Å²) >= 11 is 0. The number of para-hydroxylation sites is 1. The fraction of sp³-hybridized carbons (Fsp3) is 0.550. The third-order valence-electron chi connectivity index (χ3n) is 4.83. The van der Waals surface area contributed by atoms with Crippen LogP contribution in [0.15, 0.2) is 28.8 Å². The molecular formula is C20H28N4O3. The van der Waals surface area contributed by atoms with Crippen LogP contribution in [0.4, 0.5) is 0 Å². The van der Waals surface area contributed by atoms with E-state index in [0.29, 0.717) is 25.4 Å². The summed E-state index contributed by atoms with van der Waals surface area (Å²) in [5.41, 5.74) is 0.929. The van der Waals surface area contributed by atoms with Gasteiger partial charge in [0.25, 0.3) is 0 Å². The van der Waals surface area contributed by atoms with Gasteiger partial charge in [-0.05, 0) is 12.5 Å². The van der Waals surface area contributed by atoms with E-state index in [9.17, 15) is 4.79 Å². The van der Waals surface area contributed by atoms with Gasteiger partial charge in [0.1, 0.15) is 5.75 Å². The Balaban J connectivity index is 1.55. The molecular weight excluding hydrogens is 344 g/mol. The van der Waals surface area contributed by atoms with Gasteiger partial charge in [-0.15, -0.1) is 0 Å². The number of ether oxygens (including phenoxy) is 1. The van der Waals surface area contributed by atoms with Crippen molar-refractivity contribution in [2.75, 3.05) is 33.3 Å². The normalized spacial score (nSPS) is 15.8. The molecule has 0 radical (unpaired) electrons. The molecule has 0 unspecified atom stereocenters. The molecule has 1 amide bonds. The quantitative estimate of drug-likeness (QED) is 0.776. The number of hydrogen-bond acceptors (Lipinski definition) is 6. The molecule has 146 valence electrons. The third kappa shape index (κ3) is 5.07. The van der Waals surface area contributed by atoms with Gasteiger partial charge in [-0.1, -0.05) is 37.2 Å². The van der Waals surface area contributed by atoms with Gasteiger partial charge in [-0.3, -0.25) is 9.69 Å². The van der Waals surface area contributed by atoms with Gasteiger partial charge in [-0.2, -0.15) is 4.98 Å². The molecule has 2 aromatic rings. The first-order valence-corrected chi connectivity index (χ1v) is 9.51. The van der Waals surface area contributed by atoms with Crippen molar-refractivity contribution in [1.29, 1.82) is 0 Å². The molecule has 0 N–H and O–H groups in total. The molecule has 0 bridgehead atoms. The van der Waals surface area contributed by atoms with Crippen molar-refractivity contribution in [1.82, 2.24) is 19.9 Å². The summed E-state index contributed by atoms with van der Waals surface area (Å²) in [7, 11) is 1.63. The Labute approximate surface area is 160 Å². The molecule has 3 rings (SSSR count). The van der Waals surface area contributed by atoms with E-state index in [1.165, 1.54) is 0 Å². The number of methoxy groups -OCH3 is 1. The number of hydrogen-bond donors (Lipinski definition) is 0. The molecule has 0 aliphatic carbocycles. The summed E-state index contributed by atoms with van der Waals surface area (Å²) in [6, 6.07) is 7.69. The zero-order chi connectivity index (χ0) is 19.2. The lowest BCUT2D eigenvalue weighted by atomic mass is 10.1.